The molecule has 2 aliphatic rings. The first-order valence-electron chi connectivity index (χ1n) is 10.8. The highest BCUT2D eigenvalue weighted by atomic mass is 16.5. The van der Waals surface area contributed by atoms with Crippen LogP contribution < -0.4 is 5.32 Å². The molecule has 3 rings (SSSR count). The first-order valence-corrected chi connectivity index (χ1v) is 10.8. The second kappa shape index (κ2) is 10.4. The molecule has 1 aromatic heterocycles. The minimum Gasteiger partial charge on any atom is -0.383 e. The van der Waals surface area contributed by atoms with Gasteiger partial charge in [-0.2, -0.15) is 5.10 Å². The molecule has 1 amide bonds. The van der Waals surface area contributed by atoms with Crippen LogP contribution in [0.3, 0.4) is 0 Å². The molecule has 158 valence electrons. The molecule has 0 bridgehead atoms. The van der Waals surface area contributed by atoms with E-state index in [1.54, 1.807) is 7.11 Å². The molecule has 0 spiro atoms. The second-order valence-corrected chi connectivity index (χ2v) is 8.55. The van der Waals surface area contributed by atoms with Gasteiger partial charge in [-0.05, 0) is 59.2 Å². The van der Waals surface area contributed by atoms with Gasteiger partial charge in [0.15, 0.2) is 0 Å². The fourth-order valence-corrected chi connectivity index (χ4v) is 4.41. The van der Waals surface area contributed by atoms with Crippen LogP contribution in [0.5, 0.6) is 0 Å². The summed E-state index contributed by atoms with van der Waals surface area (Å²) in [4.78, 5) is 17.5. The number of amides is 1. The molecule has 0 radical (unpaired) electrons. The van der Waals surface area contributed by atoms with Gasteiger partial charge in [0.1, 0.15) is 0 Å². The summed E-state index contributed by atoms with van der Waals surface area (Å²) in [6.45, 7) is 10.8. The van der Waals surface area contributed by atoms with Crippen molar-refractivity contribution in [1.29, 1.82) is 0 Å². The predicted molar refractivity (Wildman–Crippen MR) is 110 cm³/mol. The Bertz CT molecular complexity index is 610. The molecule has 1 atom stereocenters. The number of rotatable bonds is 8. The molecule has 28 heavy (non-hydrogen) atoms. The van der Waals surface area contributed by atoms with Crippen molar-refractivity contribution in [2.24, 2.45) is 5.92 Å². The van der Waals surface area contributed by atoms with Crippen molar-refractivity contribution >= 4 is 5.91 Å². The Kier molecular flexibility index (Phi) is 7.88. The number of piperidine rings is 2. The molecule has 7 nitrogen and oxygen atoms in total. The summed E-state index contributed by atoms with van der Waals surface area (Å²) in [5.74, 6) is 0.326. The standard InChI is InChI=1S/C21H37N5O2/c1-17(2)26-15-18(13-23-26)14-24-10-6-20(7-11-24)25-9-4-5-19(16-25)21(27)22-8-12-28-3/h13,15,17,19-20H,4-12,14,16H2,1-3H3,(H,22,27). The maximum absolute atomic E-state index is 12.4. The molecule has 2 fully saturated rings. The molecule has 2 saturated heterocycles. The molecule has 0 aromatic carbocycles. The van der Waals surface area contributed by atoms with Crippen molar-refractivity contribution in [3.05, 3.63) is 18.0 Å². The van der Waals surface area contributed by atoms with E-state index >= 15 is 0 Å². The van der Waals surface area contributed by atoms with Crippen molar-refractivity contribution in [3.63, 3.8) is 0 Å². The Morgan fingerprint density at radius 1 is 1.29 bits per heavy atom. The maximum atomic E-state index is 12.4. The van der Waals surface area contributed by atoms with E-state index < -0.39 is 0 Å². The van der Waals surface area contributed by atoms with Gasteiger partial charge < -0.3 is 10.1 Å². The van der Waals surface area contributed by atoms with E-state index in [1.165, 1.54) is 18.4 Å². The van der Waals surface area contributed by atoms with Gasteiger partial charge in [0, 0.05) is 50.6 Å². The van der Waals surface area contributed by atoms with Crippen LogP contribution in [0.4, 0.5) is 0 Å². The monoisotopic (exact) mass is 391 g/mol. The zero-order valence-corrected chi connectivity index (χ0v) is 17.8. The molecule has 0 saturated carbocycles. The fraction of sp³-hybridized carbons (Fsp3) is 0.810. The van der Waals surface area contributed by atoms with Gasteiger partial charge in [0.2, 0.25) is 5.91 Å². The SMILES string of the molecule is COCCNC(=O)C1CCCN(C2CCN(Cc3cnn(C(C)C)c3)CC2)C1. The minimum atomic E-state index is 0.130. The molecule has 0 aliphatic carbocycles. The first kappa shape index (κ1) is 21.3. The summed E-state index contributed by atoms with van der Waals surface area (Å²) in [6, 6.07) is 1.03. The van der Waals surface area contributed by atoms with Gasteiger partial charge in [0.25, 0.3) is 0 Å². The van der Waals surface area contributed by atoms with E-state index in [0.29, 0.717) is 25.2 Å². The second-order valence-electron chi connectivity index (χ2n) is 8.55. The summed E-state index contributed by atoms with van der Waals surface area (Å²) in [5.41, 5.74) is 1.30. The fourth-order valence-electron chi connectivity index (χ4n) is 4.41. The normalized spacial score (nSPS) is 22.6. The van der Waals surface area contributed by atoms with Crippen LogP contribution in [0.2, 0.25) is 0 Å². The van der Waals surface area contributed by atoms with Gasteiger partial charge in [0.05, 0.1) is 18.7 Å². The van der Waals surface area contributed by atoms with Crippen LogP contribution in [-0.2, 0) is 16.1 Å². The molecular formula is C21H37N5O2. The lowest BCUT2D eigenvalue weighted by Crippen LogP contribution is -2.50. The molecular weight excluding hydrogens is 354 g/mol. The van der Waals surface area contributed by atoms with Crippen LogP contribution >= 0.6 is 0 Å². The van der Waals surface area contributed by atoms with Crippen molar-refractivity contribution in [3.8, 4) is 0 Å². The van der Waals surface area contributed by atoms with Gasteiger partial charge >= 0.3 is 0 Å². The lowest BCUT2D eigenvalue weighted by atomic mass is 9.93. The number of nitrogens with zero attached hydrogens (tertiary/aromatic N) is 4. The van der Waals surface area contributed by atoms with E-state index in [2.05, 4.69) is 40.3 Å². The summed E-state index contributed by atoms with van der Waals surface area (Å²) in [6.07, 6.45) is 8.69. The number of ether oxygens (including phenoxy) is 1. The minimum absolute atomic E-state index is 0.130. The Hall–Kier alpha value is -1.44. The molecule has 1 aromatic rings. The van der Waals surface area contributed by atoms with E-state index in [0.717, 1.165) is 45.6 Å². The topological polar surface area (TPSA) is 62.6 Å². The number of carbonyl (C=O) groups is 1. The third-order valence-corrected chi connectivity index (χ3v) is 6.09. The molecule has 3 heterocycles. The predicted octanol–water partition coefficient (Wildman–Crippen LogP) is 1.90. The number of methoxy groups -OCH3 is 1. The lowest BCUT2D eigenvalue weighted by Gasteiger charge is -2.42. The lowest BCUT2D eigenvalue weighted by molar-refractivity contribution is -0.127. The van der Waals surface area contributed by atoms with Gasteiger partial charge in [-0.25, -0.2) is 0 Å². The van der Waals surface area contributed by atoms with Gasteiger partial charge in [-0.1, -0.05) is 0 Å². The van der Waals surface area contributed by atoms with Crippen LogP contribution in [0.1, 0.15) is 51.1 Å². The Labute approximate surface area is 169 Å². The Morgan fingerprint density at radius 2 is 2.07 bits per heavy atom. The highest BCUT2D eigenvalue weighted by molar-refractivity contribution is 5.78. The van der Waals surface area contributed by atoms with E-state index in [9.17, 15) is 4.79 Å². The third kappa shape index (κ3) is 5.78. The summed E-state index contributed by atoms with van der Waals surface area (Å²) in [5, 5.41) is 7.47. The highest BCUT2D eigenvalue weighted by Gasteiger charge is 2.31. The zero-order chi connectivity index (χ0) is 19.9. The quantitative estimate of drug-likeness (QED) is 0.686. The van der Waals surface area contributed by atoms with Crippen LogP contribution in [0.15, 0.2) is 12.4 Å². The largest absolute Gasteiger partial charge is 0.383 e. The molecule has 7 heteroatoms. The molecule has 1 unspecified atom stereocenters. The van der Waals surface area contributed by atoms with Crippen LogP contribution in [0.25, 0.3) is 0 Å². The Balaban J connectivity index is 1.43. The number of nitrogens with one attached hydrogen (secondary N) is 1. The molecule has 1 N–H and O–H groups in total. The number of aromatic nitrogens is 2. The van der Waals surface area contributed by atoms with E-state index in [-0.39, 0.29) is 11.8 Å². The Morgan fingerprint density at radius 3 is 2.75 bits per heavy atom. The average molecular weight is 392 g/mol. The summed E-state index contributed by atoms with van der Waals surface area (Å²) < 4.78 is 7.06. The van der Waals surface area contributed by atoms with Crippen LogP contribution in [-0.4, -0.2) is 78.0 Å². The van der Waals surface area contributed by atoms with Gasteiger partial charge in [-0.15, -0.1) is 0 Å². The van der Waals surface area contributed by atoms with E-state index in [1.807, 2.05) is 10.9 Å². The van der Waals surface area contributed by atoms with Crippen molar-refractivity contribution in [2.75, 3.05) is 46.4 Å². The number of hydrogen-bond donors (Lipinski definition) is 1. The van der Waals surface area contributed by atoms with E-state index in [4.69, 9.17) is 4.74 Å². The average Bonchev–Trinajstić information content (AvgIpc) is 3.18. The zero-order valence-electron chi connectivity index (χ0n) is 17.8. The van der Waals surface area contributed by atoms with Crippen molar-refractivity contribution in [2.45, 2.75) is 58.2 Å². The number of hydrogen-bond acceptors (Lipinski definition) is 5. The van der Waals surface area contributed by atoms with Crippen LogP contribution in [0, 0.1) is 5.92 Å². The van der Waals surface area contributed by atoms with Crippen molar-refractivity contribution in [1.82, 2.24) is 24.9 Å². The highest BCUT2D eigenvalue weighted by Crippen LogP contribution is 2.24. The summed E-state index contributed by atoms with van der Waals surface area (Å²) in [7, 11) is 1.66. The number of likely N-dealkylation sites (tertiary alicyclic amines) is 2. The maximum Gasteiger partial charge on any atom is 0.224 e. The first-order chi connectivity index (χ1) is 13.6. The third-order valence-electron chi connectivity index (χ3n) is 6.09. The van der Waals surface area contributed by atoms with Crippen molar-refractivity contribution < 1.29 is 9.53 Å². The summed E-state index contributed by atoms with van der Waals surface area (Å²) >= 11 is 0. The molecule has 2 aliphatic heterocycles. The number of carbonyl (C=O) groups excluding carboxylic acids is 1. The smallest absolute Gasteiger partial charge is 0.224 e. The van der Waals surface area contributed by atoms with Gasteiger partial charge in [-0.3, -0.25) is 19.3 Å².